The summed E-state index contributed by atoms with van der Waals surface area (Å²) < 4.78 is 12.7. The molecular weight excluding hydrogens is 296 g/mol. The fourth-order valence-electron chi connectivity index (χ4n) is 2.84. The van der Waals surface area contributed by atoms with Gasteiger partial charge in [0.05, 0.1) is 24.5 Å². The quantitative estimate of drug-likeness (QED) is 0.916. The van der Waals surface area contributed by atoms with E-state index >= 15 is 0 Å². The Hall–Kier alpha value is -2.15. The van der Waals surface area contributed by atoms with Crippen LogP contribution in [-0.2, 0) is 11.3 Å². The van der Waals surface area contributed by atoms with Crippen LogP contribution in [0.15, 0.2) is 23.0 Å². The van der Waals surface area contributed by atoms with Crippen LogP contribution in [0.3, 0.4) is 0 Å². The van der Waals surface area contributed by atoms with E-state index in [0.717, 1.165) is 38.1 Å². The second-order valence-corrected chi connectivity index (χ2v) is 6.28. The average Bonchev–Trinajstić information content (AvgIpc) is 3.13. The van der Waals surface area contributed by atoms with Crippen molar-refractivity contribution in [3.8, 4) is 0 Å². The van der Waals surface area contributed by atoms with Crippen LogP contribution >= 0.6 is 0 Å². The zero-order chi connectivity index (χ0) is 15.6. The second kappa shape index (κ2) is 6.16. The Kier molecular flexibility index (Phi) is 3.87. The van der Waals surface area contributed by atoms with Crippen LogP contribution in [0.1, 0.15) is 54.3 Å². The van der Waals surface area contributed by atoms with E-state index < -0.39 is 0 Å². The third-order valence-electron chi connectivity index (χ3n) is 4.30. The topological polar surface area (TPSA) is 82.2 Å². The average molecular weight is 316 g/mol. The van der Waals surface area contributed by atoms with Crippen molar-refractivity contribution in [3.63, 3.8) is 0 Å². The molecule has 0 radical (unpaired) electrons. The van der Waals surface area contributed by atoms with Crippen molar-refractivity contribution in [3.05, 3.63) is 29.9 Å². The van der Waals surface area contributed by atoms with Gasteiger partial charge in [-0.05, 0) is 32.1 Å². The molecule has 0 aromatic carbocycles. The molecule has 1 amide bonds. The monoisotopic (exact) mass is 316 g/mol. The summed E-state index contributed by atoms with van der Waals surface area (Å²) in [6, 6.07) is 1.73. The number of anilines is 1. The lowest BCUT2D eigenvalue weighted by Crippen LogP contribution is -2.24. The molecule has 2 aromatic heterocycles. The van der Waals surface area contributed by atoms with Gasteiger partial charge in [0, 0.05) is 24.8 Å². The van der Waals surface area contributed by atoms with Gasteiger partial charge in [-0.25, -0.2) is 0 Å². The highest BCUT2D eigenvalue weighted by Crippen LogP contribution is 2.40. The molecule has 1 N–H and O–H groups in total. The number of nitrogens with zero attached hydrogens (tertiary/aromatic N) is 3. The summed E-state index contributed by atoms with van der Waals surface area (Å²) in [5.41, 5.74) is 0.969. The summed E-state index contributed by atoms with van der Waals surface area (Å²) in [7, 11) is 0. The molecule has 1 aliphatic heterocycles. The molecule has 0 bridgehead atoms. The Morgan fingerprint density at radius 2 is 2.26 bits per heavy atom. The number of hydrogen-bond donors (Lipinski definition) is 1. The van der Waals surface area contributed by atoms with Gasteiger partial charge in [0.15, 0.2) is 5.69 Å². The Morgan fingerprint density at radius 1 is 1.35 bits per heavy atom. The summed E-state index contributed by atoms with van der Waals surface area (Å²) in [6.07, 6.45) is 9.30. The predicted molar refractivity (Wildman–Crippen MR) is 82.2 cm³/mol. The van der Waals surface area contributed by atoms with Crippen LogP contribution < -0.4 is 5.32 Å². The molecule has 2 aliphatic rings. The van der Waals surface area contributed by atoms with Gasteiger partial charge in [-0.2, -0.15) is 5.10 Å². The maximum atomic E-state index is 12.2. The van der Waals surface area contributed by atoms with E-state index in [4.69, 9.17) is 9.26 Å². The number of carbonyl (C=O) groups excluding carboxylic acids is 1. The highest BCUT2D eigenvalue weighted by atomic mass is 16.5. The van der Waals surface area contributed by atoms with Gasteiger partial charge in [-0.15, -0.1) is 0 Å². The minimum Gasteiger partial charge on any atom is -0.376 e. The molecule has 2 fully saturated rings. The van der Waals surface area contributed by atoms with Crippen LogP contribution in [0, 0.1) is 0 Å². The van der Waals surface area contributed by atoms with E-state index in [2.05, 4.69) is 15.6 Å². The van der Waals surface area contributed by atoms with Crippen molar-refractivity contribution in [1.82, 2.24) is 14.9 Å². The maximum absolute atomic E-state index is 12.2. The van der Waals surface area contributed by atoms with Gasteiger partial charge >= 0.3 is 0 Å². The highest BCUT2D eigenvalue weighted by molar-refractivity contribution is 6.02. The minimum absolute atomic E-state index is 0.212. The molecule has 7 nitrogen and oxygen atoms in total. The van der Waals surface area contributed by atoms with Crippen LogP contribution in [-0.4, -0.2) is 33.6 Å². The maximum Gasteiger partial charge on any atom is 0.277 e. The SMILES string of the molecule is O=C(Nc1cnn(CC2CCCCO2)c1)c1cc(C2CC2)on1. The highest BCUT2D eigenvalue weighted by Gasteiger charge is 2.29. The largest absolute Gasteiger partial charge is 0.376 e. The number of carbonyl (C=O) groups is 1. The van der Waals surface area contributed by atoms with Crippen LogP contribution in [0.25, 0.3) is 0 Å². The molecule has 1 saturated heterocycles. The van der Waals surface area contributed by atoms with Crippen LogP contribution in [0.5, 0.6) is 0 Å². The molecule has 7 heteroatoms. The number of rotatable bonds is 5. The van der Waals surface area contributed by atoms with E-state index in [1.165, 1.54) is 6.42 Å². The number of ether oxygens (including phenoxy) is 1. The fourth-order valence-corrected chi connectivity index (χ4v) is 2.84. The molecule has 122 valence electrons. The molecule has 1 unspecified atom stereocenters. The molecular formula is C16H20N4O3. The van der Waals surface area contributed by atoms with Gasteiger partial charge in [0.1, 0.15) is 5.76 Å². The van der Waals surface area contributed by atoms with Gasteiger partial charge in [0.25, 0.3) is 5.91 Å². The summed E-state index contributed by atoms with van der Waals surface area (Å²) in [4.78, 5) is 12.2. The summed E-state index contributed by atoms with van der Waals surface area (Å²) in [6.45, 7) is 1.54. The Morgan fingerprint density at radius 3 is 3.04 bits per heavy atom. The number of nitrogens with one attached hydrogen (secondary N) is 1. The predicted octanol–water partition coefficient (Wildman–Crippen LogP) is 2.57. The van der Waals surface area contributed by atoms with Gasteiger partial charge < -0.3 is 14.6 Å². The lowest BCUT2D eigenvalue weighted by Gasteiger charge is -2.22. The Labute approximate surface area is 134 Å². The summed E-state index contributed by atoms with van der Waals surface area (Å²) in [5, 5.41) is 10.9. The first kappa shape index (κ1) is 14.4. The minimum atomic E-state index is -0.269. The summed E-state index contributed by atoms with van der Waals surface area (Å²) in [5.74, 6) is 0.983. The van der Waals surface area contributed by atoms with Crippen molar-refractivity contribution in [2.24, 2.45) is 0 Å². The van der Waals surface area contributed by atoms with Crippen molar-refractivity contribution in [2.75, 3.05) is 11.9 Å². The zero-order valence-electron chi connectivity index (χ0n) is 12.9. The smallest absolute Gasteiger partial charge is 0.277 e. The number of amides is 1. The van der Waals surface area contributed by atoms with Crippen LogP contribution in [0.4, 0.5) is 5.69 Å². The number of hydrogen-bond acceptors (Lipinski definition) is 5. The van der Waals surface area contributed by atoms with E-state index in [-0.39, 0.29) is 12.0 Å². The van der Waals surface area contributed by atoms with Gasteiger partial charge in [-0.1, -0.05) is 5.16 Å². The molecule has 1 aliphatic carbocycles. The van der Waals surface area contributed by atoms with Gasteiger partial charge in [-0.3, -0.25) is 9.48 Å². The van der Waals surface area contributed by atoms with Crippen LogP contribution in [0.2, 0.25) is 0 Å². The zero-order valence-corrected chi connectivity index (χ0v) is 12.9. The molecule has 1 atom stereocenters. The molecule has 4 rings (SSSR count). The molecule has 2 aromatic rings. The lowest BCUT2D eigenvalue weighted by molar-refractivity contribution is 0.00401. The van der Waals surface area contributed by atoms with Crippen molar-refractivity contribution in [1.29, 1.82) is 0 Å². The van der Waals surface area contributed by atoms with Crippen molar-refractivity contribution < 1.29 is 14.1 Å². The van der Waals surface area contributed by atoms with E-state index in [1.54, 1.807) is 12.3 Å². The first-order valence-electron chi connectivity index (χ1n) is 8.20. The molecule has 23 heavy (non-hydrogen) atoms. The van der Waals surface area contributed by atoms with Crippen molar-refractivity contribution >= 4 is 11.6 Å². The molecule has 1 saturated carbocycles. The standard InChI is InChI=1S/C16H20N4O3/c21-16(14-7-15(23-19-14)11-4-5-11)18-12-8-17-20(9-12)10-13-3-1-2-6-22-13/h7-9,11,13H,1-6,10H2,(H,18,21). The lowest BCUT2D eigenvalue weighted by atomic mass is 10.1. The van der Waals surface area contributed by atoms with E-state index in [9.17, 15) is 4.79 Å². The first-order chi connectivity index (χ1) is 11.3. The van der Waals surface area contributed by atoms with E-state index in [1.807, 2.05) is 10.9 Å². The van der Waals surface area contributed by atoms with Crippen molar-refractivity contribution in [2.45, 2.75) is 50.7 Å². The van der Waals surface area contributed by atoms with Gasteiger partial charge in [0.2, 0.25) is 0 Å². The molecule has 3 heterocycles. The third kappa shape index (κ3) is 3.44. The Balaban J connectivity index is 1.35. The second-order valence-electron chi connectivity index (χ2n) is 6.28. The first-order valence-corrected chi connectivity index (χ1v) is 8.20. The summed E-state index contributed by atoms with van der Waals surface area (Å²) >= 11 is 0. The number of aromatic nitrogens is 3. The fraction of sp³-hybridized carbons (Fsp3) is 0.562. The Bertz CT molecular complexity index is 683. The third-order valence-corrected chi connectivity index (χ3v) is 4.30. The normalized spacial score (nSPS) is 21.3. The molecule has 0 spiro atoms. The van der Waals surface area contributed by atoms with E-state index in [0.29, 0.717) is 23.8 Å².